The van der Waals surface area contributed by atoms with E-state index in [1.54, 1.807) is 25.3 Å². The molecule has 0 fully saturated rings. The Bertz CT molecular complexity index is 941. The van der Waals surface area contributed by atoms with Crippen LogP contribution >= 0.6 is 15.9 Å². The summed E-state index contributed by atoms with van der Waals surface area (Å²) in [5, 5.41) is 3.87. The summed E-state index contributed by atoms with van der Waals surface area (Å²) in [6.45, 7) is 3.45. The second-order valence-corrected chi connectivity index (χ2v) is 6.40. The number of alkyl halides is 3. The first-order valence-electron chi connectivity index (χ1n) is 7.45. The molecule has 2 aromatic heterocycles. The van der Waals surface area contributed by atoms with Gasteiger partial charge in [-0.3, -0.25) is 0 Å². The van der Waals surface area contributed by atoms with Crippen LogP contribution < -0.4 is 5.32 Å². The van der Waals surface area contributed by atoms with Crippen molar-refractivity contribution in [2.45, 2.75) is 26.6 Å². The fourth-order valence-corrected chi connectivity index (χ4v) is 2.95. The van der Waals surface area contributed by atoms with Crippen LogP contribution in [0.25, 0.3) is 10.9 Å². The molecule has 0 saturated heterocycles. The minimum atomic E-state index is -4.37. The predicted molar refractivity (Wildman–Crippen MR) is 93.3 cm³/mol. The molecule has 3 rings (SSSR count). The van der Waals surface area contributed by atoms with E-state index in [9.17, 15) is 13.2 Å². The molecule has 0 bridgehead atoms. The number of aromatic nitrogens is 3. The molecule has 0 amide bonds. The maximum atomic E-state index is 13.0. The van der Waals surface area contributed by atoms with Gasteiger partial charge in [-0.15, -0.1) is 0 Å². The summed E-state index contributed by atoms with van der Waals surface area (Å²) in [4.78, 5) is 12.8. The lowest BCUT2D eigenvalue weighted by Gasteiger charge is -2.15. The molecule has 0 aliphatic carbocycles. The van der Waals surface area contributed by atoms with Gasteiger partial charge in [-0.25, -0.2) is 15.0 Å². The Morgan fingerprint density at radius 1 is 1.16 bits per heavy atom. The highest BCUT2D eigenvalue weighted by atomic mass is 79.9. The van der Waals surface area contributed by atoms with Crippen LogP contribution in [0.15, 0.2) is 35.1 Å². The van der Waals surface area contributed by atoms with E-state index in [0.717, 1.165) is 11.5 Å². The summed E-state index contributed by atoms with van der Waals surface area (Å²) < 4.78 is 39.8. The Hall–Kier alpha value is -2.22. The number of nitrogens with zero attached hydrogens (tertiary/aromatic N) is 3. The van der Waals surface area contributed by atoms with Crippen LogP contribution in [0.5, 0.6) is 0 Å². The van der Waals surface area contributed by atoms with Gasteiger partial charge in [0.25, 0.3) is 0 Å². The third-order valence-electron chi connectivity index (χ3n) is 3.86. The van der Waals surface area contributed by atoms with E-state index in [2.05, 4.69) is 36.2 Å². The van der Waals surface area contributed by atoms with Gasteiger partial charge in [-0.05, 0) is 53.0 Å². The maximum absolute atomic E-state index is 13.0. The average Bonchev–Trinajstić information content (AvgIpc) is 2.53. The van der Waals surface area contributed by atoms with Gasteiger partial charge >= 0.3 is 6.18 Å². The number of fused-ring (bicyclic) bond motifs is 1. The van der Waals surface area contributed by atoms with Crippen LogP contribution in [0.2, 0.25) is 0 Å². The van der Waals surface area contributed by atoms with Crippen LogP contribution in [0, 0.1) is 13.8 Å². The predicted octanol–water partition coefficient (Wildman–Crippen LogP) is 5.04. The number of rotatable bonds is 3. The van der Waals surface area contributed by atoms with E-state index in [-0.39, 0.29) is 12.1 Å². The van der Waals surface area contributed by atoms with Gasteiger partial charge in [-0.2, -0.15) is 13.2 Å². The van der Waals surface area contributed by atoms with Gasteiger partial charge in [0.15, 0.2) is 0 Å². The monoisotopic (exact) mass is 410 g/mol. The first kappa shape index (κ1) is 17.6. The number of anilines is 1. The molecule has 0 saturated carbocycles. The van der Waals surface area contributed by atoms with E-state index in [4.69, 9.17) is 0 Å². The summed E-state index contributed by atoms with van der Waals surface area (Å²) in [5.41, 5.74) is 0.814. The number of halogens is 4. The Kier molecular flexibility index (Phi) is 4.64. The second kappa shape index (κ2) is 6.59. The number of hydrogen-bond donors (Lipinski definition) is 1. The minimum absolute atomic E-state index is 0.209. The molecule has 1 aromatic carbocycles. The van der Waals surface area contributed by atoms with Gasteiger partial charge in [0.05, 0.1) is 17.3 Å². The molecule has 4 nitrogen and oxygen atoms in total. The van der Waals surface area contributed by atoms with E-state index in [1.165, 1.54) is 13.0 Å². The van der Waals surface area contributed by atoms with Gasteiger partial charge in [0, 0.05) is 11.9 Å². The number of hydrogen-bond acceptors (Lipinski definition) is 4. The summed E-state index contributed by atoms with van der Waals surface area (Å²) in [7, 11) is 0. The zero-order valence-electron chi connectivity index (χ0n) is 13.4. The lowest BCUT2D eigenvalue weighted by molar-refractivity contribution is -0.138. The normalized spacial score (nSPS) is 11.8. The number of nitrogens with one attached hydrogen (secondary N) is 1. The smallest absolute Gasteiger partial charge is 0.365 e. The summed E-state index contributed by atoms with van der Waals surface area (Å²) in [6, 6.07) is 5.95. The summed E-state index contributed by atoms with van der Waals surface area (Å²) in [6.07, 6.45) is -2.75. The van der Waals surface area contributed by atoms with Crippen LogP contribution in [0.1, 0.15) is 22.5 Å². The average molecular weight is 411 g/mol. The summed E-state index contributed by atoms with van der Waals surface area (Å²) >= 11 is 3.30. The Labute approximate surface area is 150 Å². The van der Waals surface area contributed by atoms with Crippen LogP contribution in [0.3, 0.4) is 0 Å². The van der Waals surface area contributed by atoms with E-state index in [1.807, 2.05) is 0 Å². The Morgan fingerprint density at radius 3 is 2.64 bits per heavy atom. The SMILES string of the molecule is Cc1nc(NCc2cccc(C(F)(F)F)c2C)c2cc(Br)ncc2n1. The van der Waals surface area contributed by atoms with Crippen molar-refractivity contribution in [2.75, 3.05) is 5.32 Å². The van der Waals surface area contributed by atoms with Crippen molar-refractivity contribution in [3.63, 3.8) is 0 Å². The van der Waals surface area contributed by atoms with Crippen molar-refractivity contribution in [3.05, 3.63) is 57.6 Å². The first-order valence-corrected chi connectivity index (χ1v) is 8.24. The fraction of sp³-hybridized carbons (Fsp3) is 0.235. The van der Waals surface area contributed by atoms with Gasteiger partial charge in [0.2, 0.25) is 0 Å². The van der Waals surface area contributed by atoms with Crippen LogP contribution in [0.4, 0.5) is 19.0 Å². The highest BCUT2D eigenvalue weighted by molar-refractivity contribution is 9.10. The number of pyridine rings is 1. The number of aryl methyl sites for hydroxylation is 1. The molecule has 8 heteroatoms. The van der Waals surface area contributed by atoms with Crippen LogP contribution in [-0.2, 0) is 12.7 Å². The zero-order valence-corrected chi connectivity index (χ0v) is 15.0. The van der Waals surface area contributed by atoms with E-state index >= 15 is 0 Å². The molecule has 0 atom stereocenters. The van der Waals surface area contributed by atoms with Gasteiger partial charge in [0.1, 0.15) is 16.2 Å². The molecular formula is C17H14BrF3N4. The van der Waals surface area contributed by atoms with Crippen molar-refractivity contribution < 1.29 is 13.2 Å². The van der Waals surface area contributed by atoms with Crippen molar-refractivity contribution in [1.29, 1.82) is 0 Å². The van der Waals surface area contributed by atoms with Crippen molar-refractivity contribution in [2.24, 2.45) is 0 Å². The molecule has 3 aromatic rings. The molecular weight excluding hydrogens is 397 g/mol. The lowest BCUT2D eigenvalue weighted by atomic mass is 10.0. The highest BCUT2D eigenvalue weighted by Crippen LogP contribution is 2.33. The largest absolute Gasteiger partial charge is 0.416 e. The maximum Gasteiger partial charge on any atom is 0.416 e. The van der Waals surface area contributed by atoms with Crippen molar-refractivity contribution in [1.82, 2.24) is 15.0 Å². The van der Waals surface area contributed by atoms with Gasteiger partial charge in [-0.1, -0.05) is 12.1 Å². The van der Waals surface area contributed by atoms with E-state index < -0.39 is 11.7 Å². The fourth-order valence-electron chi connectivity index (χ4n) is 2.62. The van der Waals surface area contributed by atoms with Crippen LogP contribution in [-0.4, -0.2) is 15.0 Å². The lowest BCUT2D eigenvalue weighted by Crippen LogP contribution is -2.11. The molecule has 25 heavy (non-hydrogen) atoms. The number of benzene rings is 1. The Balaban J connectivity index is 1.95. The summed E-state index contributed by atoms with van der Waals surface area (Å²) in [5.74, 6) is 1.11. The van der Waals surface area contributed by atoms with Crippen molar-refractivity contribution >= 4 is 32.7 Å². The Morgan fingerprint density at radius 2 is 1.92 bits per heavy atom. The first-order chi connectivity index (χ1) is 11.8. The molecule has 0 spiro atoms. The second-order valence-electron chi connectivity index (χ2n) is 5.58. The van der Waals surface area contributed by atoms with E-state index in [0.29, 0.717) is 27.3 Å². The molecule has 0 aliphatic rings. The molecule has 0 unspecified atom stereocenters. The topological polar surface area (TPSA) is 50.7 Å². The van der Waals surface area contributed by atoms with Crippen molar-refractivity contribution in [3.8, 4) is 0 Å². The third kappa shape index (κ3) is 3.73. The highest BCUT2D eigenvalue weighted by Gasteiger charge is 2.32. The zero-order chi connectivity index (χ0) is 18.2. The quantitative estimate of drug-likeness (QED) is 0.614. The third-order valence-corrected chi connectivity index (χ3v) is 4.29. The van der Waals surface area contributed by atoms with Gasteiger partial charge < -0.3 is 5.32 Å². The molecule has 1 N–H and O–H groups in total. The molecule has 2 heterocycles. The molecule has 0 aliphatic heterocycles. The minimum Gasteiger partial charge on any atom is -0.365 e. The molecule has 130 valence electrons. The standard InChI is InChI=1S/C17H14BrF3N4/c1-9-11(4-3-5-13(9)17(19,20)21)7-23-16-12-6-15(18)22-8-14(12)24-10(2)25-16/h3-6,8H,7H2,1-2H3,(H,23,24,25). The molecule has 0 radical (unpaired) electrons.